The number of morpholine rings is 1. The van der Waals surface area contributed by atoms with Crippen molar-refractivity contribution in [2.24, 2.45) is 0 Å². The van der Waals surface area contributed by atoms with E-state index in [4.69, 9.17) is 16.3 Å². The van der Waals surface area contributed by atoms with Crippen LogP contribution in [0.1, 0.15) is 11.6 Å². The molecule has 1 N–H and O–H groups in total. The van der Waals surface area contributed by atoms with Crippen LogP contribution in [0.5, 0.6) is 0 Å². The number of hydrogen-bond acceptors (Lipinski definition) is 3. The van der Waals surface area contributed by atoms with Gasteiger partial charge in [-0.05, 0) is 12.1 Å². The van der Waals surface area contributed by atoms with Crippen LogP contribution in [0.4, 0.5) is 0 Å². The Hall–Kier alpha value is -1.16. The Bertz CT molecular complexity index is 538. The van der Waals surface area contributed by atoms with E-state index in [1.165, 1.54) is 0 Å². The van der Waals surface area contributed by atoms with E-state index in [-0.39, 0.29) is 6.04 Å². The Kier molecular flexibility index (Phi) is 2.97. The first-order valence-electron chi connectivity index (χ1n) is 5.71. The minimum absolute atomic E-state index is 0.147. The van der Waals surface area contributed by atoms with Gasteiger partial charge >= 0.3 is 0 Å². The molecule has 0 unspecified atom stereocenters. The van der Waals surface area contributed by atoms with Crippen molar-refractivity contribution in [3.63, 3.8) is 0 Å². The van der Waals surface area contributed by atoms with Crippen molar-refractivity contribution in [2.45, 2.75) is 6.04 Å². The van der Waals surface area contributed by atoms with Gasteiger partial charge in [-0.15, -0.1) is 0 Å². The fraction of sp³-hybridized carbons (Fsp3) is 0.308. The molecular weight excluding hydrogens is 236 g/mol. The van der Waals surface area contributed by atoms with Crippen molar-refractivity contribution in [2.75, 3.05) is 19.8 Å². The molecule has 3 nitrogen and oxygen atoms in total. The number of nitrogens with one attached hydrogen (secondary N) is 1. The Morgan fingerprint density at radius 2 is 2.24 bits per heavy atom. The van der Waals surface area contributed by atoms with Gasteiger partial charge in [0.2, 0.25) is 0 Å². The number of halogens is 1. The molecule has 1 fully saturated rings. The number of ether oxygens (including phenoxy) is 1. The molecule has 2 aromatic rings. The minimum Gasteiger partial charge on any atom is -0.378 e. The lowest BCUT2D eigenvalue weighted by molar-refractivity contribution is 0.0768. The summed E-state index contributed by atoms with van der Waals surface area (Å²) in [6.45, 7) is 2.27. The van der Waals surface area contributed by atoms with Gasteiger partial charge in [-0.2, -0.15) is 0 Å². The number of nitrogens with zero attached hydrogens (tertiary/aromatic N) is 1. The summed E-state index contributed by atoms with van der Waals surface area (Å²) in [5.74, 6) is 0. The monoisotopic (exact) mass is 248 g/mol. The molecule has 1 aromatic heterocycles. The highest BCUT2D eigenvalue weighted by Crippen LogP contribution is 2.26. The molecule has 0 saturated carbocycles. The first kappa shape index (κ1) is 11.0. The third-order valence-electron chi connectivity index (χ3n) is 3.00. The van der Waals surface area contributed by atoms with Gasteiger partial charge in [-0.25, -0.2) is 4.98 Å². The second-order valence-corrected chi connectivity index (χ2v) is 4.50. The second kappa shape index (κ2) is 4.61. The topological polar surface area (TPSA) is 34.1 Å². The molecule has 17 heavy (non-hydrogen) atoms. The smallest absolute Gasteiger partial charge is 0.134 e. The van der Waals surface area contributed by atoms with Gasteiger partial charge in [0.1, 0.15) is 5.15 Å². The van der Waals surface area contributed by atoms with Gasteiger partial charge in [-0.1, -0.05) is 29.8 Å². The van der Waals surface area contributed by atoms with Crippen LogP contribution in [0.2, 0.25) is 5.15 Å². The molecule has 0 bridgehead atoms. The lowest BCUT2D eigenvalue weighted by Crippen LogP contribution is -2.34. The highest BCUT2D eigenvalue weighted by Gasteiger charge is 2.19. The van der Waals surface area contributed by atoms with Gasteiger partial charge in [0.25, 0.3) is 0 Å². The van der Waals surface area contributed by atoms with E-state index in [2.05, 4.69) is 16.4 Å². The van der Waals surface area contributed by atoms with E-state index >= 15 is 0 Å². The molecule has 3 rings (SSSR count). The van der Waals surface area contributed by atoms with Gasteiger partial charge in [0.05, 0.1) is 24.8 Å². The Morgan fingerprint density at radius 3 is 3.06 bits per heavy atom. The Balaban J connectivity index is 2.06. The van der Waals surface area contributed by atoms with E-state index in [1.54, 1.807) is 0 Å². The van der Waals surface area contributed by atoms with Crippen LogP contribution in [-0.4, -0.2) is 24.7 Å². The molecule has 1 atom stereocenters. The van der Waals surface area contributed by atoms with Crippen molar-refractivity contribution in [3.8, 4) is 0 Å². The molecule has 1 saturated heterocycles. The van der Waals surface area contributed by atoms with Gasteiger partial charge in [-0.3, -0.25) is 0 Å². The van der Waals surface area contributed by atoms with Crippen molar-refractivity contribution in [3.05, 3.63) is 41.0 Å². The molecule has 4 heteroatoms. The standard InChI is InChI=1S/C13H13ClN2O/c14-13-10(12-8-17-6-5-15-12)7-9-3-1-2-4-11(9)16-13/h1-4,7,12,15H,5-6,8H2/t12-/m1/s1. The maximum absolute atomic E-state index is 6.23. The summed E-state index contributed by atoms with van der Waals surface area (Å²) >= 11 is 6.23. The normalized spacial score (nSPS) is 20.6. The fourth-order valence-electron chi connectivity index (χ4n) is 2.12. The predicted octanol–water partition coefficient (Wildman–Crippen LogP) is 2.55. The van der Waals surface area contributed by atoms with Crippen LogP contribution in [0, 0.1) is 0 Å². The van der Waals surface area contributed by atoms with E-state index in [9.17, 15) is 0 Å². The summed E-state index contributed by atoms with van der Waals surface area (Å²) in [7, 11) is 0. The number of fused-ring (bicyclic) bond motifs is 1. The second-order valence-electron chi connectivity index (χ2n) is 4.14. The summed E-state index contributed by atoms with van der Waals surface area (Å²) in [5.41, 5.74) is 1.95. The summed E-state index contributed by atoms with van der Waals surface area (Å²) in [5, 5.41) is 5.06. The van der Waals surface area contributed by atoms with Crippen LogP contribution in [-0.2, 0) is 4.74 Å². The Morgan fingerprint density at radius 1 is 1.35 bits per heavy atom. The molecule has 1 aliphatic heterocycles. The zero-order valence-electron chi connectivity index (χ0n) is 9.32. The third-order valence-corrected chi connectivity index (χ3v) is 3.30. The van der Waals surface area contributed by atoms with Crippen LogP contribution < -0.4 is 5.32 Å². The van der Waals surface area contributed by atoms with Crippen molar-refractivity contribution in [1.29, 1.82) is 0 Å². The van der Waals surface area contributed by atoms with Crippen molar-refractivity contribution >= 4 is 22.5 Å². The van der Waals surface area contributed by atoms with Gasteiger partial charge < -0.3 is 10.1 Å². The number of hydrogen-bond donors (Lipinski definition) is 1. The van der Waals surface area contributed by atoms with Crippen molar-refractivity contribution in [1.82, 2.24) is 10.3 Å². The van der Waals surface area contributed by atoms with Crippen molar-refractivity contribution < 1.29 is 4.74 Å². The molecule has 1 aliphatic rings. The molecule has 1 aromatic carbocycles. The van der Waals surface area contributed by atoms with Crippen LogP contribution in [0.15, 0.2) is 30.3 Å². The predicted molar refractivity (Wildman–Crippen MR) is 68.3 cm³/mol. The van der Waals surface area contributed by atoms with E-state index in [0.717, 1.165) is 29.6 Å². The number of pyridine rings is 1. The molecule has 0 amide bonds. The number of para-hydroxylation sites is 1. The van der Waals surface area contributed by atoms with E-state index in [1.807, 2.05) is 24.3 Å². The number of benzene rings is 1. The lowest BCUT2D eigenvalue weighted by atomic mass is 10.1. The van der Waals surface area contributed by atoms with Gasteiger partial charge in [0, 0.05) is 17.5 Å². The highest BCUT2D eigenvalue weighted by atomic mass is 35.5. The maximum atomic E-state index is 6.23. The average Bonchev–Trinajstić information content (AvgIpc) is 2.39. The molecular formula is C13H13ClN2O. The van der Waals surface area contributed by atoms with E-state index < -0.39 is 0 Å². The number of rotatable bonds is 1. The first-order valence-corrected chi connectivity index (χ1v) is 6.09. The molecule has 0 spiro atoms. The largest absolute Gasteiger partial charge is 0.378 e. The molecule has 2 heterocycles. The Labute approximate surface area is 105 Å². The average molecular weight is 249 g/mol. The quantitative estimate of drug-likeness (QED) is 0.788. The van der Waals surface area contributed by atoms with Crippen LogP contribution in [0.3, 0.4) is 0 Å². The van der Waals surface area contributed by atoms with Crippen LogP contribution >= 0.6 is 11.6 Å². The zero-order chi connectivity index (χ0) is 11.7. The molecule has 0 aliphatic carbocycles. The summed E-state index contributed by atoms with van der Waals surface area (Å²) in [6.07, 6.45) is 0. The van der Waals surface area contributed by atoms with Gasteiger partial charge in [0.15, 0.2) is 0 Å². The fourth-order valence-corrected chi connectivity index (χ4v) is 2.40. The summed E-state index contributed by atoms with van der Waals surface area (Å²) < 4.78 is 5.45. The summed E-state index contributed by atoms with van der Waals surface area (Å²) in [6, 6.07) is 10.2. The first-order chi connectivity index (χ1) is 8.34. The van der Waals surface area contributed by atoms with Crippen LogP contribution in [0.25, 0.3) is 10.9 Å². The SMILES string of the molecule is Clc1nc2ccccc2cc1[C@H]1COCCN1. The number of aromatic nitrogens is 1. The zero-order valence-corrected chi connectivity index (χ0v) is 10.1. The van der Waals surface area contributed by atoms with E-state index in [0.29, 0.717) is 11.8 Å². The lowest BCUT2D eigenvalue weighted by Gasteiger charge is -2.24. The maximum Gasteiger partial charge on any atom is 0.134 e. The third kappa shape index (κ3) is 2.14. The molecule has 88 valence electrons. The molecule has 0 radical (unpaired) electrons. The highest BCUT2D eigenvalue weighted by molar-refractivity contribution is 6.30. The minimum atomic E-state index is 0.147. The summed E-state index contributed by atoms with van der Waals surface area (Å²) in [4.78, 5) is 4.42.